The molecule has 0 aliphatic rings. The quantitative estimate of drug-likeness (QED) is 0.0509. The predicted octanol–water partition coefficient (Wildman–Crippen LogP) is 12.6. The smallest absolute Gasteiger partial charge is 0.338 e. The molecule has 3 heterocycles. The molecule has 60 heavy (non-hydrogen) atoms. The zero-order valence-electron chi connectivity index (χ0n) is 36.8. The summed E-state index contributed by atoms with van der Waals surface area (Å²) in [5.41, 5.74) is 18.6. The molecule has 0 saturated carbocycles. The molecular formula is C46H64N12O2. The number of aryl methyl sites for hydroxylation is 1. The minimum atomic E-state index is -0.385. The molecule has 320 valence electrons. The van der Waals surface area contributed by atoms with Gasteiger partial charge in [-0.1, -0.05) is 119 Å². The first-order chi connectivity index (χ1) is 29.0. The van der Waals surface area contributed by atoms with Gasteiger partial charge < -0.3 is 16.2 Å². The molecule has 3 aromatic heterocycles. The number of anilines is 2. The second-order valence-corrected chi connectivity index (χ2v) is 16.2. The third kappa shape index (κ3) is 11.7. The number of nitrogens with two attached hydrogens (primary N) is 2. The van der Waals surface area contributed by atoms with Crippen molar-refractivity contribution in [2.24, 2.45) is 32.3 Å². The highest BCUT2D eigenvalue weighted by Crippen LogP contribution is 2.37. The molecule has 0 aliphatic heterocycles. The summed E-state index contributed by atoms with van der Waals surface area (Å²) in [7, 11) is 0. The number of rotatable bonds is 22. The number of esters is 1. The van der Waals surface area contributed by atoms with Gasteiger partial charge in [-0.05, 0) is 78.8 Å². The fraction of sp³-hybridized carbons (Fsp3) is 0.500. The molecule has 4 N–H and O–H groups in total. The lowest BCUT2D eigenvalue weighted by atomic mass is 9.92. The third-order valence-corrected chi connectivity index (χ3v) is 10.9. The van der Waals surface area contributed by atoms with E-state index in [0.29, 0.717) is 64.0 Å². The Hall–Kier alpha value is -5.79. The van der Waals surface area contributed by atoms with Gasteiger partial charge in [-0.15, -0.1) is 10.2 Å². The van der Waals surface area contributed by atoms with Crippen molar-refractivity contribution in [1.82, 2.24) is 29.5 Å². The Morgan fingerprint density at radius 2 is 1.22 bits per heavy atom. The Labute approximate surface area is 355 Å². The van der Waals surface area contributed by atoms with E-state index in [1.54, 1.807) is 35.0 Å². The number of azo groups is 2. The Bertz CT molecular complexity index is 2220. The van der Waals surface area contributed by atoms with Crippen LogP contribution in [0.15, 0.2) is 81.4 Å². The molecule has 0 amide bonds. The fourth-order valence-electron chi connectivity index (χ4n) is 7.06. The van der Waals surface area contributed by atoms with E-state index in [2.05, 4.69) is 70.3 Å². The number of hydrogen-bond donors (Lipinski definition) is 2. The average molecular weight is 817 g/mol. The van der Waals surface area contributed by atoms with Crippen LogP contribution >= 0.6 is 0 Å². The summed E-state index contributed by atoms with van der Waals surface area (Å²) in [5, 5.41) is 27.9. The van der Waals surface area contributed by atoms with E-state index in [1.807, 2.05) is 39.8 Å². The van der Waals surface area contributed by atoms with Crippen LogP contribution in [0.2, 0.25) is 0 Å². The van der Waals surface area contributed by atoms with Gasteiger partial charge in [-0.2, -0.15) is 29.8 Å². The number of ether oxygens (including phenoxy) is 1. The lowest BCUT2D eigenvalue weighted by Crippen LogP contribution is -2.14. The summed E-state index contributed by atoms with van der Waals surface area (Å²) in [6, 6.07) is 16.8. The Morgan fingerprint density at radius 3 is 1.75 bits per heavy atom. The molecule has 0 saturated heterocycles. The van der Waals surface area contributed by atoms with E-state index < -0.39 is 0 Å². The molecule has 0 spiro atoms. The normalized spacial score (nSPS) is 13.0. The van der Waals surface area contributed by atoms with Gasteiger partial charge in [0.2, 0.25) is 0 Å². The molecule has 2 aromatic carbocycles. The van der Waals surface area contributed by atoms with E-state index >= 15 is 0 Å². The second kappa shape index (κ2) is 22.0. The van der Waals surface area contributed by atoms with Crippen LogP contribution in [-0.2, 0) is 11.2 Å². The van der Waals surface area contributed by atoms with Gasteiger partial charge >= 0.3 is 5.97 Å². The van der Waals surface area contributed by atoms with Gasteiger partial charge in [0.05, 0.1) is 34.9 Å². The van der Waals surface area contributed by atoms with Crippen LogP contribution in [0.1, 0.15) is 152 Å². The Kier molecular flexibility index (Phi) is 16.6. The zero-order chi connectivity index (χ0) is 43.2. The molecule has 0 radical (unpaired) electrons. The monoisotopic (exact) mass is 817 g/mol. The summed E-state index contributed by atoms with van der Waals surface area (Å²) in [6.45, 7) is 17.3. The molecule has 2 atom stereocenters. The van der Waals surface area contributed by atoms with Crippen molar-refractivity contribution >= 4 is 40.4 Å². The molecule has 2 unspecified atom stereocenters. The van der Waals surface area contributed by atoms with Crippen molar-refractivity contribution in [3.05, 3.63) is 83.4 Å². The lowest BCUT2D eigenvalue weighted by Gasteiger charge is -2.14. The summed E-state index contributed by atoms with van der Waals surface area (Å²) >= 11 is 0. The number of nitrogen functional groups attached to an aromatic ring is 2. The number of nitrogens with zero attached hydrogens (tertiary/aromatic N) is 10. The first-order valence-electron chi connectivity index (χ1n) is 21.8. The first kappa shape index (κ1) is 45.3. The summed E-state index contributed by atoms with van der Waals surface area (Å²) in [5.74, 6) is 1.97. The predicted molar refractivity (Wildman–Crippen MR) is 240 cm³/mol. The topological polar surface area (TPSA) is 189 Å². The zero-order valence-corrected chi connectivity index (χ0v) is 36.8. The minimum Gasteiger partial charge on any atom is -0.462 e. The number of benzene rings is 2. The fourth-order valence-corrected chi connectivity index (χ4v) is 7.06. The van der Waals surface area contributed by atoms with Crippen LogP contribution in [0, 0.1) is 11.8 Å². The molecule has 0 bridgehead atoms. The van der Waals surface area contributed by atoms with Crippen molar-refractivity contribution in [1.29, 1.82) is 0 Å². The third-order valence-electron chi connectivity index (χ3n) is 10.9. The molecular weight excluding hydrogens is 753 g/mol. The standard InChI is InChI=1S/C46H64N12O2/c1-9-13-17-32(11-3)23-24-34-19-15-21-36(25-34)51-53-42-40(30(5)6)55-57(44(42)47)38-27-39(50-29-49-38)58-45(48)43(41(56-58)31(7)8)54-52-37-22-16-20-35(26-37)46(59)60-28-33(12-4)18-14-10-2/h15-16,19-22,25-27,29-33H,9-14,17-18,23-24,28,47-48H2,1-8H3/b53-51+,54-52+. The van der Waals surface area contributed by atoms with Gasteiger partial charge in [-0.3, -0.25) is 0 Å². The number of hydrogen-bond acceptors (Lipinski definition) is 12. The van der Waals surface area contributed by atoms with Gasteiger partial charge in [0.15, 0.2) is 34.6 Å². The molecule has 0 aliphatic carbocycles. The Morgan fingerprint density at radius 1 is 0.683 bits per heavy atom. The van der Waals surface area contributed by atoms with Crippen LogP contribution in [0.25, 0.3) is 11.6 Å². The van der Waals surface area contributed by atoms with Crippen molar-refractivity contribution in [3.8, 4) is 11.6 Å². The first-order valence-corrected chi connectivity index (χ1v) is 21.8. The summed E-state index contributed by atoms with van der Waals surface area (Å²) in [4.78, 5) is 21.9. The van der Waals surface area contributed by atoms with Crippen molar-refractivity contribution in [2.45, 2.75) is 131 Å². The minimum absolute atomic E-state index is 0.00262. The number of unbranched alkanes of at least 4 members (excludes halogenated alkanes) is 2. The highest BCUT2D eigenvalue weighted by Gasteiger charge is 2.23. The van der Waals surface area contributed by atoms with Crippen molar-refractivity contribution in [2.75, 3.05) is 18.1 Å². The SMILES string of the molecule is CCCCC(CC)CCc1cccc(/N=N/c2c(C(C)C)nn(-c3cc(-n4nc(C(C)C)c(/N=N/c5cccc(C(=O)OCC(CC)CCCC)c5)c4N)ncn3)c2N)c1. The van der Waals surface area contributed by atoms with Gasteiger partial charge in [0.25, 0.3) is 0 Å². The molecule has 14 heteroatoms. The van der Waals surface area contributed by atoms with Crippen LogP contribution in [0.3, 0.4) is 0 Å². The van der Waals surface area contributed by atoms with Gasteiger partial charge in [0, 0.05) is 6.07 Å². The lowest BCUT2D eigenvalue weighted by molar-refractivity contribution is 0.0428. The average Bonchev–Trinajstić information content (AvgIpc) is 3.78. The van der Waals surface area contributed by atoms with E-state index in [4.69, 9.17) is 26.4 Å². The highest BCUT2D eigenvalue weighted by molar-refractivity contribution is 5.90. The summed E-state index contributed by atoms with van der Waals surface area (Å²) < 4.78 is 8.72. The van der Waals surface area contributed by atoms with Crippen molar-refractivity contribution in [3.63, 3.8) is 0 Å². The molecule has 0 fully saturated rings. The molecule has 5 rings (SSSR count). The number of aromatic nitrogens is 6. The van der Waals surface area contributed by atoms with Crippen molar-refractivity contribution < 1.29 is 9.53 Å². The van der Waals surface area contributed by atoms with E-state index in [9.17, 15) is 4.79 Å². The van der Waals surface area contributed by atoms with Crippen LogP contribution in [0.4, 0.5) is 34.4 Å². The van der Waals surface area contributed by atoms with E-state index in [-0.39, 0.29) is 23.6 Å². The van der Waals surface area contributed by atoms with Gasteiger partial charge in [0.1, 0.15) is 6.33 Å². The number of carbonyl (C=O) groups excluding carboxylic acids is 1. The van der Waals surface area contributed by atoms with E-state index in [1.165, 1.54) is 42.3 Å². The molecule has 14 nitrogen and oxygen atoms in total. The number of carbonyl (C=O) groups is 1. The molecule has 5 aromatic rings. The maximum Gasteiger partial charge on any atom is 0.338 e. The largest absolute Gasteiger partial charge is 0.462 e. The van der Waals surface area contributed by atoms with Gasteiger partial charge in [-0.25, -0.2) is 14.8 Å². The Balaban J connectivity index is 1.38. The van der Waals surface area contributed by atoms with Crippen LogP contribution in [-0.4, -0.2) is 42.1 Å². The maximum atomic E-state index is 12.9. The van der Waals surface area contributed by atoms with E-state index in [0.717, 1.165) is 50.1 Å². The van der Waals surface area contributed by atoms with Crippen LogP contribution in [0.5, 0.6) is 0 Å². The maximum absolute atomic E-state index is 12.9. The highest BCUT2D eigenvalue weighted by atomic mass is 16.5. The summed E-state index contributed by atoms with van der Waals surface area (Å²) in [6.07, 6.45) is 12.8. The van der Waals surface area contributed by atoms with Crippen LogP contribution < -0.4 is 11.5 Å². The second-order valence-electron chi connectivity index (χ2n) is 16.2.